The van der Waals surface area contributed by atoms with E-state index < -0.39 is 0 Å². The molecule has 0 bridgehead atoms. The number of hydrogen-bond donors (Lipinski definition) is 2. The van der Waals surface area contributed by atoms with E-state index in [9.17, 15) is 0 Å². The van der Waals surface area contributed by atoms with Crippen molar-refractivity contribution in [1.29, 1.82) is 0 Å². The second-order valence-electron chi connectivity index (χ2n) is 5.73. The van der Waals surface area contributed by atoms with Crippen molar-refractivity contribution >= 4 is 17.3 Å². The number of oxazole rings is 1. The molecule has 0 radical (unpaired) electrons. The lowest BCUT2D eigenvalue weighted by atomic mass is 10.1. The maximum absolute atomic E-state index is 5.55. The number of guanidine groups is 1. The first-order chi connectivity index (χ1) is 12.3. The van der Waals surface area contributed by atoms with Crippen LogP contribution >= 0.6 is 11.3 Å². The van der Waals surface area contributed by atoms with Gasteiger partial charge in [-0.25, -0.2) is 4.98 Å². The number of benzene rings is 1. The highest BCUT2D eigenvalue weighted by Crippen LogP contribution is 2.20. The largest absolute Gasteiger partial charge is 0.444 e. The van der Waals surface area contributed by atoms with Gasteiger partial charge in [-0.15, -0.1) is 11.3 Å². The number of nitrogens with zero attached hydrogens (tertiary/aromatic N) is 2. The summed E-state index contributed by atoms with van der Waals surface area (Å²) in [6.45, 7) is 3.59. The number of rotatable bonds is 6. The van der Waals surface area contributed by atoms with E-state index in [4.69, 9.17) is 4.42 Å². The van der Waals surface area contributed by atoms with Crippen LogP contribution < -0.4 is 10.6 Å². The Balaban J connectivity index is 1.51. The summed E-state index contributed by atoms with van der Waals surface area (Å²) in [5.41, 5.74) is 1.81. The number of hydrogen-bond acceptors (Lipinski definition) is 4. The second kappa shape index (κ2) is 8.48. The zero-order valence-corrected chi connectivity index (χ0v) is 15.2. The Morgan fingerprint density at radius 1 is 1.20 bits per heavy atom. The van der Waals surface area contributed by atoms with Gasteiger partial charge >= 0.3 is 0 Å². The van der Waals surface area contributed by atoms with Gasteiger partial charge in [0.2, 0.25) is 5.89 Å². The summed E-state index contributed by atoms with van der Waals surface area (Å²) < 4.78 is 5.55. The molecule has 0 amide bonds. The van der Waals surface area contributed by atoms with Crippen molar-refractivity contribution in [3.8, 4) is 11.5 Å². The van der Waals surface area contributed by atoms with E-state index in [2.05, 4.69) is 45.0 Å². The lowest BCUT2D eigenvalue weighted by Gasteiger charge is -2.14. The number of aromatic nitrogens is 1. The van der Waals surface area contributed by atoms with E-state index in [-0.39, 0.29) is 0 Å². The normalized spacial score (nSPS) is 12.8. The molecule has 0 aliphatic rings. The molecular weight excluding hydrogens is 332 g/mol. The van der Waals surface area contributed by atoms with Gasteiger partial charge in [0.05, 0.1) is 12.2 Å². The zero-order valence-electron chi connectivity index (χ0n) is 14.4. The first-order valence-corrected chi connectivity index (χ1v) is 9.12. The highest BCUT2D eigenvalue weighted by molar-refractivity contribution is 7.10. The third-order valence-electron chi connectivity index (χ3n) is 3.84. The fraction of sp³-hybridized carbons (Fsp3) is 0.263. The van der Waals surface area contributed by atoms with Gasteiger partial charge in [0.15, 0.2) is 5.96 Å². The minimum Gasteiger partial charge on any atom is -0.444 e. The van der Waals surface area contributed by atoms with Crippen molar-refractivity contribution in [1.82, 2.24) is 15.6 Å². The third-order valence-corrected chi connectivity index (χ3v) is 4.94. The number of thiophene rings is 1. The molecule has 1 aromatic carbocycles. The Bertz CT molecular complexity index is 796. The minimum absolute atomic E-state index is 0.440. The van der Waals surface area contributed by atoms with E-state index in [1.54, 1.807) is 24.6 Å². The van der Waals surface area contributed by atoms with Crippen LogP contribution in [0.25, 0.3) is 11.5 Å². The first kappa shape index (κ1) is 17.2. The van der Waals surface area contributed by atoms with Gasteiger partial charge in [-0.05, 0) is 23.6 Å². The van der Waals surface area contributed by atoms with Crippen molar-refractivity contribution in [2.75, 3.05) is 13.6 Å². The van der Waals surface area contributed by atoms with Gasteiger partial charge in [-0.1, -0.05) is 31.2 Å². The molecule has 1 atom stereocenters. The summed E-state index contributed by atoms with van der Waals surface area (Å²) >= 11 is 1.78. The standard InChI is InChI=1S/C19H22N4OS/c1-14(17-9-6-10-25-17)11-21-19(20-2)22-12-16-13-24-18(23-16)15-7-4-3-5-8-15/h3-10,13-14H,11-12H2,1-2H3,(H2,20,21,22). The Labute approximate surface area is 151 Å². The Morgan fingerprint density at radius 2 is 2.04 bits per heavy atom. The average Bonchev–Trinajstić information content (AvgIpc) is 3.34. The maximum Gasteiger partial charge on any atom is 0.226 e. The SMILES string of the molecule is CN=C(NCc1coc(-c2ccccc2)n1)NCC(C)c1cccs1. The van der Waals surface area contributed by atoms with E-state index in [1.807, 2.05) is 30.3 Å². The summed E-state index contributed by atoms with van der Waals surface area (Å²) in [6.07, 6.45) is 1.68. The predicted octanol–water partition coefficient (Wildman–Crippen LogP) is 3.87. The number of nitrogens with one attached hydrogen (secondary N) is 2. The van der Waals surface area contributed by atoms with Crippen LogP contribution in [0.3, 0.4) is 0 Å². The molecule has 130 valence electrons. The molecule has 0 aliphatic carbocycles. The van der Waals surface area contributed by atoms with Crippen LogP contribution in [-0.4, -0.2) is 24.5 Å². The van der Waals surface area contributed by atoms with E-state index in [0.29, 0.717) is 18.4 Å². The molecule has 0 aliphatic heterocycles. The van der Waals surface area contributed by atoms with Crippen molar-refractivity contribution in [3.05, 3.63) is 64.7 Å². The van der Waals surface area contributed by atoms with Gasteiger partial charge in [0, 0.05) is 30.0 Å². The molecule has 0 fully saturated rings. The van der Waals surface area contributed by atoms with Crippen LogP contribution in [0.15, 0.2) is 63.5 Å². The third kappa shape index (κ3) is 4.70. The molecule has 1 unspecified atom stereocenters. The van der Waals surface area contributed by atoms with Crippen molar-refractivity contribution in [2.24, 2.45) is 4.99 Å². The smallest absolute Gasteiger partial charge is 0.226 e. The fourth-order valence-corrected chi connectivity index (χ4v) is 3.21. The minimum atomic E-state index is 0.440. The quantitative estimate of drug-likeness (QED) is 0.521. The molecule has 0 saturated carbocycles. The second-order valence-corrected chi connectivity index (χ2v) is 6.71. The summed E-state index contributed by atoms with van der Waals surface area (Å²) in [5.74, 6) is 1.83. The maximum atomic E-state index is 5.55. The molecule has 0 spiro atoms. The van der Waals surface area contributed by atoms with E-state index in [1.165, 1.54) is 4.88 Å². The molecule has 3 aromatic rings. The Hall–Kier alpha value is -2.60. The van der Waals surface area contributed by atoms with Crippen molar-refractivity contribution < 1.29 is 4.42 Å². The van der Waals surface area contributed by atoms with Crippen LogP contribution in [0, 0.1) is 0 Å². The Morgan fingerprint density at radius 3 is 2.76 bits per heavy atom. The molecule has 6 heteroatoms. The van der Waals surface area contributed by atoms with Crippen molar-refractivity contribution in [3.63, 3.8) is 0 Å². The fourth-order valence-electron chi connectivity index (χ4n) is 2.42. The monoisotopic (exact) mass is 354 g/mol. The van der Waals surface area contributed by atoms with Crippen LogP contribution in [-0.2, 0) is 6.54 Å². The summed E-state index contributed by atoms with van der Waals surface area (Å²) in [4.78, 5) is 10.1. The molecule has 0 saturated heterocycles. The highest BCUT2D eigenvalue weighted by atomic mass is 32.1. The van der Waals surface area contributed by atoms with Crippen LogP contribution in [0.5, 0.6) is 0 Å². The lowest BCUT2D eigenvalue weighted by Crippen LogP contribution is -2.38. The van der Waals surface area contributed by atoms with Gasteiger partial charge in [0.1, 0.15) is 6.26 Å². The summed E-state index contributed by atoms with van der Waals surface area (Å²) in [7, 11) is 1.77. The topological polar surface area (TPSA) is 62.5 Å². The molecule has 5 nitrogen and oxygen atoms in total. The van der Waals surface area contributed by atoms with Crippen LogP contribution in [0.2, 0.25) is 0 Å². The van der Waals surface area contributed by atoms with E-state index in [0.717, 1.165) is 23.8 Å². The van der Waals surface area contributed by atoms with Crippen LogP contribution in [0.1, 0.15) is 23.4 Å². The molecule has 25 heavy (non-hydrogen) atoms. The van der Waals surface area contributed by atoms with E-state index >= 15 is 0 Å². The van der Waals surface area contributed by atoms with Gasteiger partial charge < -0.3 is 15.1 Å². The molecule has 2 heterocycles. The first-order valence-electron chi connectivity index (χ1n) is 8.24. The predicted molar refractivity (Wildman–Crippen MR) is 103 cm³/mol. The summed E-state index contributed by atoms with van der Waals surface area (Å²) in [6, 6.07) is 14.1. The van der Waals surface area contributed by atoms with Gasteiger partial charge in [-0.2, -0.15) is 0 Å². The summed E-state index contributed by atoms with van der Waals surface area (Å²) in [5, 5.41) is 8.73. The molecular formula is C19H22N4OS. The molecule has 3 rings (SSSR count). The molecule has 2 N–H and O–H groups in total. The average molecular weight is 354 g/mol. The zero-order chi connectivity index (χ0) is 17.5. The number of aliphatic imine (C=N–C) groups is 1. The van der Waals surface area contributed by atoms with Crippen LogP contribution in [0.4, 0.5) is 0 Å². The van der Waals surface area contributed by atoms with Gasteiger partial charge in [0.25, 0.3) is 0 Å². The lowest BCUT2D eigenvalue weighted by molar-refractivity contribution is 0.572. The highest BCUT2D eigenvalue weighted by Gasteiger charge is 2.09. The molecule has 2 aromatic heterocycles. The Kier molecular flexibility index (Phi) is 5.85. The van der Waals surface area contributed by atoms with Crippen molar-refractivity contribution in [2.45, 2.75) is 19.4 Å². The van der Waals surface area contributed by atoms with Gasteiger partial charge in [-0.3, -0.25) is 4.99 Å².